The minimum Gasteiger partial charge on any atom is -0.534 e. The van der Waals surface area contributed by atoms with E-state index in [1.165, 1.54) is 22.7 Å². The summed E-state index contributed by atoms with van der Waals surface area (Å²) in [6.07, 6.45) is 2.80. The number of imidazole rings is 1. The highest BCUT2D eigenvalue weighted by molar-refractivity contribution is 7.60. The largest absolute Gasteiger partial charge is 0.547 e. The van der Waals surface area contributed by atoms with E-state index in [0.29, 0.717) is 11.2 Å². The maximum atomic E-state index is 14.7. The predicted octanol–water partition coefficient (Wildman–Crippen LogP) is 0.585. The van der Waals surface area contributed by atoms with E-state index in [0.717, 1.165) is 18.2 Å². The summed E-state index contributed by atoms with van der Waals surface area (Å²) in [7, 11) is -6.64. The lowest BCUT2D eigenvalue weighted by molar-refractivity contribution is -0.123. The highest BCUT2D eigenvalue weighted by Crippen LogP contribution is 2.35. The Hall–Kier alpha value is -4.56. The Morgan fingerprint density at radius 1 is 1.15 bits per heavy atom. The van der Waals surface area contributed by atoms with Crippen molar-refractivity contribution < 1.29 is 47.9 Å². The van der Waals surface area contributed by atoms with Crippen molar-refractivity contribution in [1.29, 1.82) is 0 Å². The number of halogens is 1. The Kier molecular flexibility index (Phi) is 7.36. The summed E-state index contributed by atoms with van der Waals surface area (Å²) < 4.78 is 33.2. The van der Waals surface area contributed by atoms with Crippen molar-refractivity contribution >= 4 is 43.4 Å². The predicted molar refractivity (Wildman–Crippen MR) is 141 cm³/mol. The summed E-state index contributed by atoms with van der Waals surface area (Å²) in [6, 6.07) is 10.4. The first-order chi connectivity index (χ1) is 19.4. The summed E-state index contributed by atoms with van der Waals surface area (Å²) >= 11 is 0. The van der Waals surface area contributed by atoms with Crippen LogP contribution in [0.1, 0.15) is 38.0 Å². The summed E-state index contributed by atoms with van der Waals surface area (Å²) in [5.41, 5.74) is 0.549. The highest BCUT2D eigenvalue weighted by Gasteiger charge is 2.39. The molecule has 2 atom stereocenters. The molecule has 13 nitrogen and oxygen atoms in total. The van der Waals surface area contributed by atoms with Crippen molar-refractivity contribution in [3.05, 3.63) is 95.2 Å². The Morgan fingerprint density at radius 3 is 2.63 bits per heavy atom. The molecule has 0 saturated heterocycles. The molecule has 0 fully saturated rings. The number of carbonyl (C=O) groups is 3. The van der Waals surface area contributed by atoms with Crippen LogP contribution in [0.15, 0.2) is 67.0 Å². The third-order valence-corrected chi connectivity index (χ3v) is 7.47. The van der Waals surface area contributed by atoms with Gasteiger partial charge in [-0.1, -0.05) is 24.3 Å². The van der Waals surface area contributed by atoms with Gasteiger partial charge in [0.2, 0.25) is 5.91 Å². The minimum absolute atomic E-state index is 0.0389. The molecular weight excluding hydrogens is 561 g/mol. The Bertz CT molecular complexity index is 1740. The fourth-order valence-corrected chi connectivity index (χ4v) is 5.14. The monoisotopic (exact) mass is 582 g/mol. The molecule has 2 aromatic heterocycles. The van der Waals surface area contributed by atoms with Gasteiger partial charge in [-0.3, -0.25) is 18.6 Å². The third-order valence-electron chi connectivity index (χ3n) is 6.48. The Balaban J connectivity index is 1.46. The van der Waals surface area contributed by atoms with Crippen LogP contribution in [-0.2, 0) is 15.8 Å². The first kappa shape index (κ1) is 28.0. The zero-order chi connectivity index (χ0) is 29.5. The first-order valence-electron chi connectivity index (χ1n) is 12.0. The summed E-state index contributed by atoms with van der Waals surface area (Å²) in [5.74, 6) is -5.42. The van der Waals surface area contributed by atoms with Gasteiger partial charge in [0.25, 0.3) is 5.91 Å². The van der Waals surface area contributed by atoms with Crippen molar-refractivity contribution in [3.63, 3.8) is 0 Å². The molecule has 5 rings (SSSR count). The smallest absolute Gasteiger partial charge is 0.534 e. The number of fused-ring (bicyclic) bond motifs is 2. The molecule has 0 bridgehead atoms. The number of aromatic nitrogens is 2. The van der Waals surface area contributed by atoms with Gasteiger partial charge in [-0.25, -0.2) is 14.2 Å². The second-order valence-electron chi connectivity index (χ2n) is 9.16. The third kappa shape index (κ3) is 5.56. The minimum atomic E-state index is -4.97. The molecule has 4 aromatic rings. The standard InChI is InChI=1S/C25H21BFN4O9P/c27-16-10-13(7-8-18(16)41(37,38)39)21(30-23(32)17-12-28-20-6-1-2-9-31(17)20)24(33)29-19-11-14-4-3-5-15(25(34)35)22(14)40-26(19)36/h1-10,12,19,21,36H,11H2,(H,29,33)(H,30,32)(H,34,35)(H2,37,38,39)/t19-,21+/m0/s1. The van der Waals surface area contributed by atoms with Crippen LogP contribution < -0.4 is 20.6 Å². The molecule has 16 heteroatoms. The summed E-state index contributed by atoms with van der Waals surface area (Å²) in [4.78, 5) is 61.2. The van der Waals surface area contributed by atoms with Crippen LogP contribution in [0, 0.1) is 5.82 Å². The molecule has 1 aliphatic heterocycles. The Morgan fingerprint density at radius 2 is 1.93 bits per heavy atom. The van der Waals surface area contributed by atoms with E-state index in [1.807, 2.05) is 0 Å². The zero-order valence-corrected chi connectivity index (χ0v) is 21.7. The summed E-state index contributed by atoms with van der Waals surface area (Å²) in [5, 5.41) is 24.1. The topological polar surface area (TPSA) is 200 Å². The average molecular weight is 582 g/mol. The van der Waals surface area contributed by atoms with Gasteiger partial charge in [-0.2, -0.15) is 0 Å². The van der Waals surface area contributed by atoms with Gasteiger partial charge in [0.05, 0.1) is 23.0 Å². The fourth-order valence-electron chi connectivity index (χ4n) is 4.53. The molecule has 3 heterocycles. The molecular formula is C25H21BFN4O9P. The average Bonchev–Trinajstić information content (AvgIpc) is 3.35. The number of aromatic carboxylic acids is 1. The molecule has 6 N–H and O–H groups in total. The second-order valence-corrected chi connectivity index (χ2v) is 10.7. The lowest BCUT2D eigenvalue weighted by Crippen LogP contribution is -2.55. The van der Waals surface area contributed by atoms with E-state index >= 15 is 0 Å². The maximum absolute atomic E-state index is 14.7. The van der Waals surface area contributed by atoms with Crippen molar-refractivity contribution in [2.75, 3.05) is 0 Å². The van der Waals surface area contributed by atoms with Gasteiger partial charge in [0.1, 0.15) is 28.9 Å². The molecule has 1 aliphatic rings. The number of amides is 2. The van der Waals surface area contributed by atoms with Crippen LogP contribution in [0.2, 0.25) is 0 Å². The quantitative estimate of drug-likeness (QED) is 0.132. The van der Waals surface area contributed by atoms with E-state index in [1.54, 1.807) is 30.5 Å². The molecule has 0 unspecified atom stereocenters. The van der Waals surface area contributed by atoms with E-state index in [2.05, 4.69) is 15.6 Å². The normalized spacial score (nSPS) is 15.5. The van der Waals surface area contributed by atoms with Crippen molar-refractivity contribution in [1.82, 2.24) is 20.0 Å². The lowest BCUT2D eigenvalue weighted by Gasteiger charge is -2.30. The number of carboxylic acids is 1. The van der Waals surface area contributed by atoms with Crippen LogP contribution in [0.3, 0.4) is 0 Å². The molecule has 0 aliphatic carbocycles. The van der Waals surface area contributed by atoms with Crippen molar-refractivity contribution in [3.8, 4) is 5.75 Å². The number of rotatable bonds is 7. The Labute approximate surface area is 230 Å². The van der Waals surface area contributed by atoms with Gasteiger partial charge in [-0.05, 0) is 47.9 Å². The van der Waals surface area contributed by atoms with Gasteiger partial charge >= 0.3 is 20.7 Å². The fraction of sp³-hybridized carbons (Fsp3) is 0.120. The second kappa shape index (κ2) is 10.8. The molecule has 0 saturated carbocycles. The number of pyridine rings is 1. The van der Waals surface area contributed by atoms with Gasteiger partial charge < -0.3 is 35.2 Å². The molecule has 210 valence electrons. The van der Waals surface area contributed by atoms with Crippen molar-refractivity contribution in [2.45, 2.75) is 18.4 Å². The molecule has 2 aromatic carbocycles. The number of carboxylic acid groups (broad SMARTS) is 1. The molecule has 41 heavy (non-hydrogen) atoms. The van der Waals surface area contributed by atoms with E-state index in [4.69, 9.17) is 4.65 Å². The van der Waals surface area contributed by atoms with Crippen LogP contribution in [0.4, 0.5) is 4.39 Å². The van der Waals surface area contributed by atoms with Crippen LogP contribution >= 0.6 is 7.60 Å². The number of nitrogens with one attached hydrogen (secondary N) is 2. The van der Waals surface area contributed by atoms with Gasteiger partial charge in [0.15, 0.2) is 0 Å². The lowest BCUT2D eigenvalue weighted by atomic mass is 9.72. The van der Waals surface area contributed by atoms with E-state index in [9.17, 15) is 43.3 Å². The van der Waals surface area contributed by atoms with Gasteiger partial charge in [-0.15, -0.1) is 0 Å². The SMILES string of the molecule is O=C(O)c1cccc2c1OB(O)[C@@H](NC(=O)[C@H](NC(=O)c1cnc3ccccn13)c1ccc(P(=O)(O)O)c(F)c1)C2. The van der Waals surface area contributed by atoms with Crippen LogP contribution in [0.25, 0.3) is 5.65 Å². The van der Waals surface area contributed by atoms with Crippen LogP contribution in [-0.4, -0.2) is 60.1 Å². The first-order valence-corrected chi connectivity index (χ1v) is 13.6. The number of hydrogen-bond donors (Lipinski definition) is 6. The van der Waals surface area contributed by atoms with E-state index in [-0.39, 0.29) is 29.0 Å². The number of nitrogens with zero attached hydrogens (tertiary/aromatic N) is 2. The number of benzene rings is 2. The number of hydrogen-bond acceptors (Lipinski definition) is 7. The van der Waals surface area contributed by atoms with Crippen LogP contribution in [0.5, 0.6) is 5.75 Å². The molecule has 0 radical (unpaired) electrons. The number of carbonyl (C=O) groups excluding carboxylic acids is 2. The van der Waals surface area contributed by atoms with E-state index < -0.39 is 55.6 Å². The number of para-hydroxylation sites is 1. The highest BCUT2D eigenvalue weighted by atomic mass is 31.2. The van der Waals surface area contributed by atoms with Gasteiger partial charge in [0, 0.05) is 6.20 Å². The van der Waals surface area contributed by atoms with Crippen molar-refractivity contribution in [2.24, 2.45) is 0 Å². The molecule has 0 spiro atoms. The molecule has 2 amide bonds. The maximum Gasteiger partial charge on any atom is 0.547 e. The zero-order valence-electron chi connectivity index (χ0n) is 20.8. The summed E-state index contributed by atoms with van der Waals surface area (Å²) in [6.45, 7) is 0.